The molecule has 7 heteroatoms. The molecule has 1 unspecified atom stereocenters. The number of rotatable bonds is 4. The summed E-state index contributed by atoms with van der Waals surface area (Å²) in [6, 6.07) is 9.55. The van der Waals surface area contributed by atoms with E-state index >= 15 is 0 Å². The van der Waals surface area contributed by atoms with Crippen LogP contribution in [0.3, 0.4) is 0 Å². The number of carboxylic acids is 1. The summed E-state index contributed by atoms with van der Waals surface area (Å²) in [6.07, 6.45) is 2.80. The molecule has 1 saturated heterocycles. The standard InChI is InChI=1S/C17H18N2O4S/c20-16(21)14-9-18-15(24-14)13-7-4-8-19(10-13)17(22)23-11-12-5-2-1-3-6-12/h1-3,5-6,9,13H,4,7-8,10-11H2,(H,20,21). The minimum Gasteiger partial charge on any atom is -0.477 e. The van der Waals surface area contributed by atoms with Crippen LogP contribution in [0.1, 0.15) is 39.0 Å². The lowest BCUT2D eigenvalue weighted by molar-refractivity contribution is 0.0701. The molecule has 24 heavy (non-hydrogen) atoms. The summed E-state index contributed by atoms with van der Waals surface area (Å²) in [5, 5.41) is 9.77. The van der Waals surface area contributed by atoms with Gasteiger partial charge in [0.05, 0.1) is 11.2 Å². The number of amides is 1. The maximum Gasteiger partial charge on any atom is 0.410 e. The van der Waals surface area contributed by atoms with E-state index < -0.39 is 5.97 Å². The van der Waals surface area contributed by atoms with Crippen molar-refractivity contribution in [2.75, 3.05) is 13.1 Å². The van der Waals surface area contributed by atoms with Crippen molar-refractivity contribution in [1.82, 2.24) is 9.88 Å². The predicted octanol–water partition coefficient (Wildman–Crippen LogP) is 3.36. The zero-order valence-corrected chi connectivity index (χ0v) is 13.9. The van der Waals surface area contributed by atoms with Gasteiger partial charge in [0, 0.05) is 19.0 Å². The van der Waals surface area contributed by atoms with Crippen molar-refractivity contribution in [2.24, 2.45) is 0 Å². The zero-order valence-electron chi connectivity index (χ0n) is 13.1. The van der Waals surface area contributed by atoms with Crippen LogP contribution in [-0.2, 0) is 11.3 Å². The fraction of sp³-hybridized carbons (Fsp3) is 0.353. The predicted molar refractivity (Wildman–Crippen MR) is 89.2 cm³/mol. The number of hydrogen-bond acceptors (Lipinski definition) is 5. The van der Waals surface area contributed by atoms with Gasteiger partial charge in [-0.15, -0.1) is 11.3 Å². The Kier molecular flexibility index (Phi) is 5.10. The smallest absolute Gasteiger partial charge is 0.410 e. The van der Waals surface area contributed by atoms with Gasteiger partial charge < -0.3 is 14.7 Å². The molecule has 0 radical (unpaired) electrons. The summed E-state index contributed by atoms with van der Waals surface area (Å²) in [7, 11) is 0. The number of aromatic nitrogens is 1. The number of likely N-dealkylation sites (tertiary alicyclic amines) is 1. The normalized spacial score (nSPS) is 17.5. The molecule has 1 atom stereocenters. The second kappa shape index (κ2) is 7.44. The summed E-state index contributed by atoms with van der Waals surface area (Å²) in [4.78, 5) is 29.3. The van der Waals surface area contributed by atoms with Gasteiger partial charge in [0.15, 0.2) is 0 Å². The molecule has 1 amide bonds. The minimum atomic E-state index is -0.964. The Morgan fingerprint density at radius 2 is 2.12 bits per heavy atom. The Morgan fingerprint density at radius 1 is 1.33 bits per heavy atom. The van der Waals surface area contributed by atoms with Crippen LogP contribution in [0.4, 0.5) is 4.79 Å². The molecule has 1 N–H and O–H groups in total. The first-order valence-electron chi connectivity index (χ1n) is 7.78. The molecule has 1 aliphatic heterocycles. The van der Waals surface area contributed by atoms with Crippen molar-refractivity contribution in [3.8, 4) is 0 Å². The largest absolute Gasteiger partial charge is 0.477 e. The number of carbonyl (C=O) groups excluding carboxylic acids is 1. The highest BCUT2D eigenvalue weighted by molar-refractivity contribution is 7.13. The first-order valence-corrected chi connectivity index (χ1v) is 8.60. The van der Waals surface area contributed by atoms with E-state index in [1.807, 2.05) is 30.3 Å². The van der Waals surface area contributed by atoms with E-state index in [1.165, 1.54) is 17.5 Å². The van der Waals surface area contributed by atoms with Crippen molar-refractivity contribution in [1.29, 1.82) is 0 Å². The average Bonchev–Trinajstić information content (AvgIpc) is 3.11. The van der Waals surface area contributed by atoms with Crippen LogP contribution in [0.15, 0.2) is 36.5 Å². The number of thiazole rings is 1. The second-order valence-corrected chi connectivity index (χ2v) is 6.76. The van der Waals surface area contributed by atoms with Crippen molar-refractivity contribution in [3.63, 3.8) is 0 Å². The SMILES string of the molecule is O=C(O)c1cnc(C2CCCN(C(=O)OCc3ccccc3)C2)s1. The Morgan fingerprint density at radius 3 is 2.83 bits per heavy atom. The molecule has 1 aromatic carbocycles. The van der Waals surface area contributed by atoms with E-state index in [1.54, 1.807) is 4.90 Å². The van der Waals surface area contributed by atoms with Crippen molar-refractivity contribution in [2.45, 2.75) is 25.4 Å². The van der Waals surface area contributed by atoms with E-state index in [9.17, 15) is 9.59 Å². The molecule has 0 bridgehead atoms. The second-order valence-electron chi connectivity index (χ2n) is 5.69. The lowest BCUT2D eigenvalue weighted by atomic mass is 9.99. The Bertz CT molecular complexity index is 716. The zero-order chi connectivity index (χ0) is 16.9. The molecular formula is C17H18N2O4S. The Hall–Kier alpha value is -2.41. The van der Waals surface area contributed by atoms with Gasteiger partial charge in [0.25, 0.3) is 0 Å². The van der Waals surface area contributed by atoms with E-state index in [0.717, 1.165) is 23.4 Å². The molecule has 126 valence electrons. The summed E-state index contributed by atoms with van der Waals surface area (Å²) >= 11 is 1.18. The molecule has 1 aliphatic rings. The molecular weight excluding hydrogens is 328 g/mol. The van der Waals surface area contributed by atoms with Crippen LogP contribution in [-0.4, -0.2) is 40.1 Å². The molecule has 1 fully saturated rings. The molecule has 0 aliphatic carbocycles. The number of carbonyl (C=O) groups is 2. The topological polar surface area (TPSA) is 79.7 Å². The number of aromatic carboxylic acids is 1. The van der Waals surface area contributed by atoms with Crippen molar-refractivity contribution < 1.29 is 19.4 Å². The van der Waals surface area contributed by atoms with Crippen LogP contribution < -0.4 is 0 Å². The summed E-state index contributed by atoms with van der Waals surface area (Å²) < 4.78 is 5.37. The van der Waals surface area contributed by atoms with Gasteiger partial charge in [-0.25, -0.2) is 14.6 Å². The summed E-state index contributed by atoms with van der Waals surface area (Å²) in [5.41, 5.74) is 0.949. The number of carboxylic acid groups (broad SMARTS) is 1. The Labute approximate surface area is 143 Å². The lowest BCUT2D eigenvalue weighted by Gasteiger charge is -2.31. The van der Waals surface area contributed by atoms with E-state index in [0.29, 0.717) is 13.1 Å². The molecule has 2 heterocycles. The summed E-state index contributed by atoms with van der Waals surface area (Å²) in [6.45, 7) is 1.42. The van der Waals surface area contributed by atoms with Crippen LogP contribution >= 0.6 is 11.3 Å². The van der Waals surface area contributed by atoms with Gasteiger partial charge in [-0.3, -0.25) is 0 Å². The van der Waals surface area contributed by atoms with Gasteiger partial charge >= 0.3 is 12.1 Å². The highest BCUT2D eigenvalue weighted by Crippen LogP contribution is 2.30. The third kappa shape index (κ3) is 3.91. The third-order valence-corrected chi connectivity index (χ3v) is 5.12. The van der Waals surface area contributed by atoms with Gasteiger partial charge in [-0.05, 0) is 18.4 Å². The highest BCUT2D eigenvalue weighted by Gasteiger charge is 2.28. The maximum absolute atomic E-state index is 12.3. The molecule has 1 aromatic heterocycles. The van der Waals surface area contributed by atoms with E-state index in [2.05, 4.69) is 4.98 Å². The van der Waals surface area contributed by atoms with Crippen LogP contribution in [0.2, 0.25) is 0 Å². The van der Waals surface area contributed by atoms with Crippen molar-refractivity contribution in [3.05, 3.63) is 52.0 Å². The van der Waals surface area contributed by atoms with Gasteiger partial charge in [-0.1, -0.05) is 30.3 Å². The fourth-order valence-corrected chi connectivity index (χ4v) is 3.61. The average molecular weight is 346 g/mol. The van der Waals surface area contributed by atoms with Gasteiger partial charge in [0.2, 0.25) is 0 Å². The van der Waals surface area contributed by atoms with Crippen LogP contribution in [0.25, 0.3) is 0 Å². The lowest BCUT2D eigenvalue weighted by Crippen LogP contribution is -2.39. The van der Waals surface area contributed by atoms with E-state index in [4.69, 9.17) is 9.84 Å². The number of nitrogens with zero attached hydrogens (tertiary/aromatic N) is 2. The summed E-state index contributed by atoms with van der Waals surface area (Å²) in [5.74, 6) is -0.894. The maximum atomic E-state index is 12.3. The highest BCUT2D eigenvalue weighted by atomic mass is 32.1. The first-order chi connectivity index (χ1) is 11.6. The van der Waals surface area contributed by atoms with Crippen molar-refractivity contribution >= 4 is 23.4 Å². The first kappa shape index (κ1) is 16.4. The van der Waals surface area contributed by atoms with Crippen LogP contribution in [0, 0.1) is 0 Å². The molecule has 3 rings (SSSR count). The van der Waals surface area contributed by atoms with E-state index in [-0.39, 0.29) is 23.5 Å². The number of piperidine rings is 1. The van der Waals surface area contributed by atoms with Crippen LogP contribution in [0.5, 0.6) is 0 Å². The van der Waals surface area contributed by atoms with Gasteiger partial charge in [-0.2, -0.15) is 0 Å². The van der Waals surface area contributed by atoms with Gasteiger partial charge in [0.1, 0.15) is 11.5 Å². The third-order valence-electron chi connectivity index (χ3n) is 3.97. The fourth-order valence-electron chi connectivity index (χ4n) is 2.73. The number of benzene rings is 1. The quantitative estimate of drug-likeness (QED) is 0.918. The molecule has 0 spiro atoms. The molecule has 0 saturated carbocycles. The number of ether oxygens (including phenoxy) is 1. The number of hydrogen-bond donors (Lipinski definition) is 1. The Balaban J connectivity index is 1.58. The molecule has 2 aromatic rings. The monoisotopic (exact) mass is 346 g/mol. The minimum absolute atomic E-state index is 0.0705. The molecule has 6 nitrogen and oxygen atoms in total.